The van der Waals surface area contributed by atoms with Crippen LogP contribution in [0.5, 0.6) is 0 Å². The summed E-state index contributed by atoms with van der Waals surface area (Å²) in [4.78, 5) is 0. The molecule has 116 valence electrons. The maximum atomic E-state index is 6.19. The first-order valence-corrected chi connectivity index (χ1v) is 9.12. The lowest BCUT2D eigenvalue weighted by Crippen LogP contribution is -2.48. The van der Waals surface area contributed by atoms with Crippen LogP contribution in [0.25, 0.3) is 0 Å². The van der Waals surface area contributed by atoms with Crippen LogP contribution in [0.15, 0.2) is 28.7 Å². The molecule has 3 heteroatoms. The Balaban J connectivity index is 1.60. The van der Waals surface area contributed by atoms with Gasteiger partial charge in [0.1, 0.15) is 0 Å². The van der Waals surface area contributed by atoms with Crippen molar-refractivity contribution in [1.82, 2.24) is 5.32 Å². The number of halogens is 1. The Hall–Kier alpha value is -0.380. The van der Waals surface area contributed by atoms with E-state index in [2.05, 4.69) is 52.4 Å². The van der Waals surface area contributed by atoms with E-state index in [1.165, 1.54) is 44.1 Å². The largest absolute Gasteiger partial charge is 0.375 e. The van der Waals surface area contributed by atoms with Gasteiger partial charge < -0.3 is 10.1 Å². The molecule has 1 spiro atoms. The van der Waals surface area contributed by atoms with Gasteiger partial charge in [0.05, 0.1) is 5.60 Å². The van der Waals surface area contributed by atoms with Crippen molar-refractivity contribution in [1.29, 1.82) is 0 Å². The van der Waals surface area contributed by atoms with Crippen LogP contribution in [0.1, 0.15) is 63.5 Å². The Morgan fingerprint density at radius 1 is 1.19 bits per heavy atom. The molecule has 0 amide bonds. The van der Waals surface area contributed by atoms with Crippen LogP contribution in [0, 0.1) is 0 Å². The van der Waals surface area contributed by atoms with Crippen molar-refractivity contribution in [2.45, 2.75) is 69.6 Å². The summed E-state index contributed by atoms with van der Waals surface area (Å²) in [5.74, 6) is 0. The average Bonchev–Trinajstić information content (AvgIpc) is 2.49. The second-order valence-corrected chi connectivity index (χ2v) is 7.64. The van der Waals surface area contributed by atoms with Crippen molar-refractivity contribution in [2.75, 3.05) is 6.61 Å². The third-order valence-corrected chi connectivity index (χ3v) is 5.64. The summed E-state index contributed by atoms with van der Waals surface area (Å²) in [6.45, 7) is 3.19. The second-order valence-electron chi connectivity index (χ2n) is 6.72. The Morgan fingerprint density at radius 3 is 2.62 bits per heavy atom. The molecule has 2 aliphatic rings. The molecule has 0 radical (unpaired) electrons. The molecule has 2 fully saturated rings. The first kappa shape index (κ1) is 15.5. The monoisotopic (exact) mass is 351 g/mol. The van der Waals surface area contributed by atoms with Crippen LogP contribution in [-0.4, -0.2) is 18.2 Å². The quantitative estimate of drug-likeness (QED) is 0.828. The Bertz CT molecular complexity index is 447. The number of hydrogen-bond acceptors (Lipinski definition) is 2. The molecule has 1 aromatic rings. The molecule has 2 atom stereocenters. The third kappa shape index (κ3) is 3.88. The van der Waals surface area contributed by atoms with Gasteiger partial charge in [-0.1, -0.05) is 47.3 Å². The van der Waals surface area contributed by atoms with Crippen molar-refractivity contribution >= 4 is 15.9 Å². The van der Waals surface area contributed by atoms with Gasteiger partial charge in [-0.2, -0.15) is 0 Å². The smallest absolute Gasteiger partial charge is 0.0697 e. The highest BCUT2D eigenvalue weighted by atomic mass is 79.9. The lowest BCUT2D eigenvalue weighted by Gasteiger charge is -2.44. The topological polar surface area (TPSA) is 21.3 Å². The first-order valence-electron chi connectivity index (χ1n) is 8.32. The number of nitrogens with one attached hydrogen (secondary N) is 1. The molecule has 1 heterocycles. The van der Waals surface area contributed by atoms with E-state index in [1.807, 2.05) is 0 Å². The van der Waals surface area contributed by atoms with E-state index in [0.717, 1.165) is 17.5 Å². The van der Waals surface area contributed by atoms with Crippen LogP contribution in [0.3, 0.4) is 0 Å². The minimum absolute atomic E-state index is 0.188. The average molecular weight is 352 g/mol. The second kappa shape index (κ2) is 6.80. The van der Waals surface area contributed by atoms with E-state index in [0.29, 0.717) is 12.1 Å². The van der Waals surface area contributed by atoms with Crippen molar-refractivity contribution in [3.8, 4) is 0 Å². The van der Waals surface area contributed by atoms with Crippen molar-refractivity contribution in [3.05, 3.63) is 34.3 Å². The molecule has 1 aliphatic heterocycles. The van der Waals surface area contributed by atoms with Crippen LogP contribution in [0.4, 0.5) is 0 Å². The predicted octanol–water partition coefficient (Wildman–Crippen LogP) is 4.98. The Morgan fingerprint density at radius 2 is 1.90 bits per heavy atom. The lowest BCUT2D eigenvalue weighted by atomic mass is 9.78. The summed E-state index contributed by atoms with van der Waals surface area (Å²) >= 11 is 3.50. The summed E-state index contributed by atoms with van der Waals surface area (Å²) in [6, 6.07) is 9.66. The highest BCUT2D eigenvalue weighted by Crippen LogP contribution is 2.39. The van der Waals surface area contributed by atoms with Crippen molar-refractivity contribution < 1.29 is 4.74 Å². The van der Waals surface area contributed by atoms with Gasteiger partial charge in [-0.15, -0.1) is 0 Å². The number of ether oxygens (including phenoxy) is 1. The summed E-state index contributed by atoms with van der Waals surface area (Å²) in [7, 11) is 0. The zero-order chi connectivity index (χ0) is 14.7. The molecule has 0 bridgehead atoms. The maximum absolute atomic E-state index is 6.19. The normalized spacial score (nSPS) is 26.7. The Kier molecular flexibility index (Phi) is 5.03. The number of benzene rings is 1. The van der Waals surface area contributed by atoms with Gasteiger partial charge in [-0.05, 0) is 50.3 Å². The molecular weight excluding hydrogens is 326 g/mol. The fourth-order valence-corrected chi connectivity index (χ4v) is 4.18. The molecule has 2 nitrogen and oxygen atoms in total. The fourth-order valence-electron chi connectivity index (χ4n) is 3.92. The van der Waals surface area contributed by atoms with E-state index in [1.54, 1.807) is 0 Å². The van der Waals surface area contributed by atoms with Gasteiger partial charge in [0.15, 0.2) is 0 Å². The summed E-state index contributed by atoms with van der Waals surface area (Å²) < 4.78 is 7.34. The molecule has 2 unspecified atom stereocenters. The molecule has 1 N–H and O–H groups in total. The molecule has 21 heavy (non-hydrogen) atoms. The van der Waals surface area contributed by atoms with E-state index < -0.39 is 0 Å². The molecule has 3 rings (SSSR count). The van der Waals surface area contributed by atoms with Gasteiger partial charge in [0.25, 0.3) is 0 Å². The SMILES string of the molecule is CC(NC1CCOC2(CCCCC2)C1)c1ccc(Br)cc1. The summed E-state index contributed by atoms with van der Waals surface area (Å²) in [5, 5.41) is 3.83. The van der Waals surface area contributed by atoms with Crippen molar-refractivity contribution in [2.24, 2.45) is 0 Å². The van der Waals surface area contributed by atoms with E-state index in [-0.39, 0.29) is 5.60 Å². The van der Waals surface area contributed by atoms with Gasteiger partial charge in [-0.3, -0.25) is 0 Å². The first-order chi connectivity index (χ1) is 10.2. The molecular formula is C18H26BrNO. The zero-order valence-electron chi connectivity index (χ0n) is 12.9. The molecule has 1 saturated carbocycles. The number of rotatable bonds is 3. The van der Waals surface area contributed by atoms with Gasteiger partial charge in [0, 0.05) is 23.2 Å². The number of hydrogen-bond donors (Lipinski definition) is 1. The minimum Gasteiger partial charge on any atom is -0.375 e. The molecule has 1 aromatic carbocycles. The lowest BCUT2D eigenvalue weighted by molar-refractivity contribution is -0.110. The van der Waals surface area contributed by atoms with E-state index in [4.69, 9.17) is 4.74 Å². The van der Waals surface area contributed by atoms with Crippen LogP contribution in [-0.2, 0) is 4.74 Å². The van der Waals surface area contributed by atoms with E-state index >= 15 is 0 Å². The minimum atomic E-state index is 0.188. The third-order valence-electron chi connectivity index (χ3n) is 5.11. The highest BCUT2D eigenvalue weighted by molar-refractivity contribution is 9.10. The van der Waals surface area contributed by atoms with Crippen LogP contribution in [0.2, 0.25) is 0 Å². The van der Waals surface area contributed by atoms with Gasteiger partial charge in [-0.25, -0.2) is 0 Å². The Labute approximate surface area is 136 Å². The molecule has 1 saturated heterocycles. The standard InChI is InChI=1S/C18H26BrNO/c1-14(15-5-7-16(19)8-6-15)20-17-9-12-21-18(13-17)10-3-2-4-11-18/h5-8,14,17,20H,2-4,9-13H2,1H3. The highest BCUT2D eigenvalue weighted by Gasteiger charge is 2.38. The van der Waals surface area contributed by atoms with Crippen molar-refractivity contribution in [3.63, 3.8) is 0 Å². The summed E-state index contributed by atoms with van der Waals surface area (Å²) in [5.41, 5.74) is 1.55. The predicted molar refractivity (Wildman–Crippen MR) is 90.5 cm³/mol. The van der Waals surface area contributed by atoms with Gasteiger partial charge in [0.2, 0.25) is 0 Å². The van der Waals surface area contributed by atoms with Crippen LogP contribution < -0.4 is 5.32 Å². The molecule has 0 aromatic heterocycles. The van der Waals surface area contributed by atoms with Crippen LogP contribution >= 0.6 is 15.9 Å². The maximum Gasteiger partial charge on any atom is 0.0697 e. The fraction of sp³-hybridized carbons (Fsp3) is 0.667. The van der Waals surface area contributed by atoms with Gasteiger partial charge >= 0.3 is 0 Å². The summed E-state index contributed by atoms with van der Waals surface area (Å²) in [6.07, 6.45) is 8.93. The zero-order valence-corrected chi connectivity index (χ0v) is 14.5. The molecule has 1 aliphatic carbocycles. The van der Waals surface area contributed by atoms with E-state index in [9.17, 15) is 0 Å².